The lowest BCUT2D eigenvalue weighted by Crippen LogP contribution is -2.16. The molecule has 6 heteroatoms. The summed E-state index contributed by atoms with van der Waals surface area (Å²) in [4.78, 5) is 6.84. The third-order valence-corrected chi connectivity index (χ3v) is 3.37. The molecule has 0 saturated heterocycles. The average Bonchev–Trinajstić information content (AvgIpc) is 2.96. The molecule has 2 N–H and O–H groups in total. The lowest BCUT2D eigenvalue weighted by atomic mass is 10.2. The highest BCUT2D eigenvalue weighted by Crippen LogP contribution is 2.36. The minimum absolute atomic E-state index is 0.287. The van der Waals surface area contributed by atoms with Gasteiger partial charge in [0.1, 0.15) is 5.82 Å². The maximum absolute atomic E-state index is 5.64. The van der Waals surface area contributed by atoms with E-state index in [2.05, 4.69) is 9.47 Å². The van der Waals surface area contributed by atoms with Crippen LogP contribution in [0.2, 0.25) is 0 Å². The van der Waals surface area contributed by atoms with E-state index in [1.165, 1.54) is 0 Å². The fourth-order valence-corrected chi connectivity index (χ4v) is 2.47. The van der Waals surface area contributed by atoms with Crippen molar-refractivity contribution in [2.24, 2.45) is 5.73 Å². The second kappa shape index (κ2) is 5.30. The number of aromatic nitrogens is 2. The van der Waals surface area contributed by atoms with E-state index in [0.717, 1.165) is 47.9 Å². The summed E-state index contributed by atoms with van der Waals surface area (Å²) in [5, 5.41) is 0. The first-order valence-electron chi connectivity index (χ1n) is 6.82. The van der Waals surface area contributed by atoms with Crippen molar-refractivity contribution in [1.29, 1.82) is 0 Å². The Labute approximate surface area is 118 Å². The van der Waals surface area contributed by atoms with Gasteiger partial charge < -0.3 is 24.7 Å². The number of rotatable bonds is 5. The van der Waals surface area contributed by atoms with Crippen molar-refractivity contribution in [3.8, 4) is 11.5 Å². The first kappa shape index (κ1) is 13.2. The first-order chi connectivity index (χ1) is 9.69. The Morgan fingerprint density at radius 3 is 2.75 bits per heavy atom. The Bertz CT molecular complexity index is 621. The van der Waals surface area contributed by atoms with Crippen LogP contribution in [0.5, 0.6) is 11.5 Å². The Balaban J connectivity index is 2.08. The summed E-state index contributed by atoms with van der Waals surface area (Å²) < 4.78 is 13.1. The van der Waals surface area contributed by atoms with E-state index >= 15 is 0 Å². The maximum atomic E-state index is 5.64. The van der Waals surface area contributed by atoms with Crippen molar-refractivity contribution in [2.75, 3.05) is 27.4 Å². The largest absolute Gasteiger partial charge is 0.454 e. The van der Waals surface area contributed by atoms with E-state index in [1.54, 1.807) is 0 Å². The first-order valence-corrected chi connectivity index (χ1v) is 6.82. The molecule has 3 rings (SSSR count). The smallest absolute Gasteiger partial charge is 0.231 e. The average molecular weight is 276 g/mol. The topological polar surface area (TPSA) is 65.5 Å². The van der Waals surface area contributed by atoms with Crippen molar-refractivity contribution in [1.82, 2.24) is 14.5 Å². The van der Waals surface area contributed by atoms with Gasteiger partial charge in [0.25, 0.3) is 0 Å². The van der Waals surface area contributed by atoms with Gasteiger partial charge in [0, 0.05) is 18.7 Å². The molecule has 6 nitrogen and oxygen atoms in total. The summed E-state index contributed by atoms with van der Waals surface area (Å²) >= 11 is 0. The summed E-state index contributed by atoms with van der Waals surface area (Å²) in [6.07, 6.45) is 0.931. The Kier molecular flexibility index (Phi) is 3.50. The van der Waals surface area contributed by atoms with Crippen LogP contribution < -0.4 is 15.2 Å². The SMILES string of the molecule is CN(C)Cc1nc2cc3c(cc2n1CCCN)OCO3. The highest BCUT2D eigenvalue weighted by molar-refractivity contribution is 5.81. The van der Waals surface area contributed by atoms with Crippen LogP contribution in [0.4, 0.5) is 0 Å². The molecule has 0 amide bonds. The number of fused-ring (bicyclic) bond motifs is 2. The van der Waals surface area contributed by atoms with Crippen molar-refractivity contribution >= 4 is 11.0 Å². The van der Waals surface area contributed by atoms with E-state index in [1.807, 2.05) is 26.2 Å². The van der Waals surface area contributed by atoms with Crippen LogP contribution in [0.1, 0.15) is 12.2 Å². The summed E-state index contributed by atoms with van der Waals surface area (Å²) in [6, 6.07) is 3.97. The van der Waals surface area contributed by atoms with Gasteiger partial charge in [-0.25, -0.2) is 4.98 Å². The molecule has 0 bridgehead atoms. The van der Waals surface area contributed by atoms with Crippen molar-refractivity contribution < 1.29 is 9.47 Å². The lowest BCUT2D eigenvalue weighted by Gasteiger charge is -2.12. The van der Waals surface area contributed by atoms with Crippen LogP contribution >= 0.6 is 0 Å². The molecular weight excluding hydrogens is 256 g/mol. The summed E-state index contributed by atoms with van der Waals surface area (Å²) in [6.45, 7) is 2.63. The van der Waals surface area contributed by atoms with E-state index in [0.29, 0.717) is 6.54 Å². The highest BCUT2D eigenvalue weighted by atomic mass is 16.7. The minimum Gasteiger partial charge on any atom is -0.454 e. The number of ether oxygens (including phenoxy) is 2. The van der Waals surface area contributed by atoms with Crippen LogP contribution in [0.25, 0.3) is 11.0 Å². The number of imidazole rings is 1. The van der Waals surface area contributed by atoms with Gasteiger partial charge in [-0.1, -0.05) is 0 Å². The van der Waals surface area contributed by atoms with Gasteiger partial charge in [-0.2, -0.15) is 0 Å². The third kappa shape index (κ3) is 2.32. The fourth-order valence-electron chi connectivity index (χ4n) is 2.47. The number of hydrogen-bond donors (Lipinski definition) is 1. The molecule has 2 aromatic rings. The molecule has 2 heterocycles. The van der Waals surface area contributed by atoms with Gasteiger partial charge in [0.15, 0.2) is 11.5 Å². The van der Waals surface area contributed by atoms with E-state index < -0.39 is 0 Å². The molecule has 1 aromatic carbocycles. The summed E-state index contributed by atoms with van der Waals surface area (Å²) in [7, 11) is 4.08. The number of hydrogen-bond acceptors (Lipinski definition) is 5. The van der Waals surface area contributed by atoms with E-state index in [9.17, 15) is 0 Å². The zero-order valence-corrected chi connectivity index (χ0v) is 11.9. The molecule has 0 saturated carbocycles. The molecule has 1 aromatic heterocycles. The lowest BCUT2D eigenvalue weighted by molar-refractivity contribution is 0.174. The molecule has 0 atom stereocenters. The predicted octanol–water partition coefficient (Wildman–Crippen LogP) is 1.18. The Hall–Kier alpha value is -1.79. The highest BCUT2D eigenvalue weighted by Gasteiger charge is 2.19. The number of benzene rings is 1. The van der Waals surface area contributed by atoms with Gasteiger partial charge in [0.2, 0.25) is 6.79 Å². The predicted molar refractivity (Wildman–Crippen MR) is 76.9 cm³/mol. The number of nitrogens with zero attached hydrogens (tertiary/aromatic N) is 3. The monoisotopic (exact) mass is 276 g/mol. The van der Waals surface area contributed by atoms with Crippen LogP contribution in [0.15, 0.2) is 12.1 Å². The van der Waals surface area contributed by atoms with Crippen molar-refractivity contribution in [2.45, 2.75) is 19.5 Å². The van der Waals surface area contributed by atoms with E-state index in [-0.39, 0.29) is 6.79 Å². The Morgan fingerprint density at radius 1 is 1.30 bits per heavy atom. The standard InChI is InChI=1S/C14H20N4O2/c1-17(2)8-14-16-10-6-12-13(20-9-19-12)7-11(10)18(14)5-3-4-15/h6-7H,3-5,8-9,15H2,1-2H3. The Morgan fingerprint density at radius 2 is 2.05 bits per heavy atom. The molecule has 0 aliphatic carbocycles. The van der Waals surface area contributed by atoms with Gasteiger partial charge in [-0.05, 0) is 27.1 Å². The molecule has 0 unspecified atom stereocenters. The van der Waals surface area contributed by atoms with E-state index in [4.69, 9.17) is 20.2 Å². The third-order valence-electron chi connectivity index (χ3n) is 3.37. The fraction of sp³-hybridized carbons (Fsp3) is 0.500. The second-order valence-electron chi connectivity index (χ2n) is 5.25. The van der Waals surface area contributed by atoms with Crippen LogP contribution in [-0.2, 0) is 13.1 Å². The van der Waals surface area contributed by atoms with Crippen molar-refractivity contribution in [3.63, 3.8) is 0 Å². The number of aryl methyl sites for hydroxylation is 1. The minimum atomic E-state index is 0.287. The molecule has 108 valence electrons. The van der Waals surface area contributed by atoms with Gasteiger partial charge in [0.05, 0.1) is 17.6 Å². The molecule has 1 aliphatic heterocycles. The molecule has 0 radical (unpaired) electrons. The molecule has 1 aliphatic rings. The molecule has 0 spiro atoms. The molecule has 20 heavy (non-hydrogen) atoms. The zero-order chi connectivity index (χ0) is 14.1. The van der Waals surface area contributed by atoms with Crippen molar-refractivity contribution in [3.05, 3.63) is 18.0 Å². The quantitative estimate of drug-likeness (QED) is 0.888. The normalized spacial score (nSPS) is 13.6. The second-order valence-corrected chi connectivity index (χ2v) is 5.25. The van der Waals surface area contributed by atoms with Crippen LogP contribution in [0, 0.1) is 0 Å². The number of nitrogens with two attached hydrogens (primary N) is 1. The summed E-state index contributed by atoms with van der Waals surface area (Å²) in [5.74, 6) is 2.61. The van der Waals surface area contributed by atoms with Gasteiger partial charge >= 0.3 is 0 Å². The van der Waals surface area contributed by atoms with Gasteiger partial charge in [-0.3, -0.25) is 0 Å². The molecular formula is C14H20N4O2. The van der Waals surface area contributed by atoms with Gasteiger partial charge in [-0.15, -0.1) is 0 Å². The molecule has 0 fully saturated rings. The van der Waals surface area contributed by atoms with Crippen LogP contribution in [0.3, 0.4) is 0 Å². The maximum Gasteiger partial charge on any atom is 0.231 e. The zero-order valence-electron chi connectivity index (χ0n) is 11.9. The van der Waals surface area contributed by atoms with Crippen LogP contribution in [-0.4, -0.2) is 41.9 Å². The summed E-state index contributed by atoms with van der Waals surface area (Å²) in [5.41, 5.74) is 7.67.